The molecule has 0 aliphatic carbocycles. The van der Waals surface area contributed by atoms with Crippen LogP contribution in [0.4, 0.5) is 0 Å². The maximum absolute atomic E-state index is 12.3. The summed E-state index contributed by atoms with van der Waals surface area (Å²) in [5.41, 5.74) is -0.0464. The molecule has 0 aliphatic rings. The minimum absolute atomic E-state index is 0.119. The van der Waals surface area contributed by atoms with Crippen molar-refractivity contribution in [1.29, 1.82) is 0 Å². The van der Waals surface area contributed by atoms with Gasteiger partial charge in [-0.05, 0) is 46.2 Å². The predicted octanol–water partition coefficient (Wildman–Crippen LogP) is 3.56. The predicted molar refractivity (Wildman–Crippen MR) is 103 cm³/mol. The van der Waals surface area contributed by atoms with Gasteiger partial charge in [0.25, 0.3) is 5.91 Å². The molecule has 0 aromatic heterocycles. The summed E-state index contributed by atoms with van der Waals surface area (Å²) >= 11 is 6.28. The highest BCUT2D eigenvalue weighted by atomic mass is 35.5. The van der Waals surface area contributed by atoms with Crippen LogP contribution in [-0.2, 0) is 4.79 Å². The van der Waals surface area contributed by atoms with Crippen LogP contribution in [-0.4, -0.2) is 37.1 Å². The van der Waals surface area contributed by atoms with Gasteiger partial charge in [-0.25, -0.2) is 0 Å². The zero-order chi connectivity index (χ0) is 19.7. The molecule has 0 unspecified atom stereocenters. The van der Waals surface area contributed by atoms with Gasteiger partial charge in [0.2, 0.25) is 5.91 Å². The van der Waals surface area contributed by atoms with E-state index in [1.54, 1.807) is 6.07 Å². The minimum atomic E-state index is -0.406. The summed E-state index contributed by atoms with van der Waals surface area (Å²) in [6.45, 7) is 10.3. The SMILES string of the molecule is CCCCOc1c(Cl)cc(C(=O)NCC(=O)NC(C)(C)C)cc1OCC. The molecule has 0 heterocycles. The Morgan fingerprint density at radius 1 is 1.15 bits per heavy atom. The van der Waals surface area contributed by atoms with Crippen molar-refractivity contribution in [2.24, 2.45) is 0 Å². The van der Waals surface area contributed by atoms with Crippen LogP contribution in [0.3, 0.4) is 0 Å². The lowest BCUT2D eigenvalue weighted by Crippen LogP contribution is -2.45. The number of ether oxygens (including phenoxy) is 2. The van der Waals surface area contributed by atoms with Gasteiger partial charge in [0, 0.05) is 11.1 Å². The average Bonchev–Trinajstić information content (AvgIpc) is 2.53. The number of nitrogens with one attached hydrogen (secondary N) is 2. The highest BCUT2D eigenvalue weighted by Crippen LogP contribution is 2.36. The molecule has 0 saturated heterocycles. The van der Waals surface area contributed by atoms with Gasteiger partial charge in [-0.3, -0.25) is 9.59 Å². The van der Waals surface area contributed by atoms with Crippen LogP contribution in [0.1, 0.15) is 57.8 Å². The molecular formula is C19H29ClN2O4. The van der Waals surface area contributed by atoms with E-state index in [1.165, 1.54) is 6.07 Å². The average molecular weight is 385 g/mol. The van der Waals surface area contributed by atoms with Crippen molar-refractivity contribution in [3.8, 4) is 11.5 Å². The van der Waals surface area contributed by atoms with Crippen LogP contribution in [0.25, 0.3) is 0 Å². The molecule has 0 fully saturated rings. The van der Waals surface area contributed by atoms with Gasteiger partial charge in [0.1, 0.15) is 0 Å². The van der Waals surface area contributed by atoms with Crippen LogP contribution in [0.2, 0.25) is 5.02 Å². The van der Waals surface area contributed by atoms with Gasteiger partial charge in [0.05, 0.1) is 24.8 Å². The highest BCUT2D eigenvalue weighted by molar-refractivity contribution is 6.32. The van der Waals surface area contributed by atoms with Crippen molar-refractivity contribution in [2.45, 2.75) is 53.0 Å². The zero-order valence-electron chi connectivity index (χ0n) is 16.2. The first kappa shape index (κ1) is 22.1. The fourth-order valence-corrected chi connectivity index (χ4v) is 2.41. The fourth-order valence-electron chi connectivity index (χ4n) is 2.15. The highest BCUT2D eigenvalue weighted by Gasteiger charge is 2.18. The van der Waals surface area contributed by atoms with Gasteiger partial charge >= 0.3 is 0 Å². The Balaban J connectivity index is 2.85. The molecule has 0 atom stereocenters. The number of unbranched alkanes of at least 4 members (excludes halogenated alkanes) is 1. The van der Waals surface area contributed by atoms with E-state index in [0.717, 1.165) is 12.8 Å². The van der Waals surface area contributed by atoms with Crippen molar-refractivity contribution < 1.29 is 19.1 Å². The number of carbonyl (C=O) groups excluding carboxylic acids is 2. The fraction of sp³-hybridized carbons (Fsp3) is 0.579. The van der Waals surface area contributed by atoms with E-state index in [4.69, 9.17) is 21.1 Å². The zero-order valence-corrected chi connectivity index (χ0v) is 17.0. The maximum atomic E-state index is 12.3. The normalized spacial score (nSPS) is 11.0. The number of carbonyl (C=O) groups is 2. The Bertz CT molecular complexity index is 627. The molecular weight excluding hydrogens is 356 g/mol. The Kier molecular flexibility index (Phi) is 8.72. The number of halogens is 1. The molecule has 0 saturated carbocycles. The molecule has 7 heteroatoms. The van der Waals surface area contributed by atoms with Gasteiger partial charge in [-0.15, -0.1) is 0 Å². The Morgan fingerprint density at radius 3 is 2.42 bits per heavy atom. The third-order valence-electron chi connectivity index (χ3n) is 3.24. The van der Waals surface area contributed by atoms with E-state index in [0.29, 0.717) is 35.3 Å². The molecule has 1 aromatic carbocycles. The molecule has 6 nitrogen and oxygen atoms in total. The monoisotopic (exact) mass is 384 g/mol. The summed E-state index contributed by atoms with van der Waals surface area (Å²) < 4.78 is 11.3. The third-order valence-corrected chi connectivity index (χ3v) is 3.52. The quantitative estimate of drug-likeness (QED) is 0.638. The first-order chi connectivity index (χ1) is 12.2. The van der Waals surface area contributed by atoms with E-state index in [2.05, 4.69) is 17.6 Å². The van der Waals surface area contributed by atoms with E-state index in [9.17, 15) is 9.59 Å². The molecule has 1 rings (SSSR count). The van der Waals surface area contributed by atoms with Gasteiger partial charge in [-0.1, -0.05) is 24.9 Å². The number of amides is 2. The van der Waals surface area contributed by atoms with E-state index in [1.807, 2.05) is 27.7 Å². The minimum Gasteiger partial charge on any atom is -0.490 e. The summed E-state index contributed by atoms with van der Waals surface area (Å²) in [5, 5.41) is 5.67. The smallest absolute Gasteiger partial charge is 0.251 e. The second-order valence-electron chi connectivity index (χ2n) is 6.90. The van der Waals surface area contributed by atoms with Crippen LogP contribution in [0.15, 0.2) is 12.1 Å². The van der Waals surface area contributed by atoms with Crippen LogP contribution < -0.4 is 20.1 Å². The summed E-state index contributed by atoms with van der Waals surface area (Å²) in [7, 11) is 0. The summed E-state index contributed by atoms with van der Waals surface area (Å²) in [4.78, 5) is 24.2. The van der Waals surface area contributed by atoms with Crippen LogP contribution in [0.5, 0.6) is 11.5 Å². The Morgan fingerprint density at radius 2 is 1.85 bits per heavy atom. The molecule has 146 valence electrons. The number of rotatable bonds is 9. The topological polar surface area (TPSA) is 76.7 Å². The Hall–Kier alpha value is -1.95. The molecule has 0 spiro atoms. The van der Waals surface area contributed by atoms with Crippen LogP contribution >= 0.6 is 11.6 Å². The standard InChI is InChI=1S/C19H29ClN2O4/c1-6-8-9-26-17-14(20)10-13(11-15(17)25-7-2)18(24)21-12-16(23)22-19(3,4)5/h10-11H,6-9,12H2,1-5H3,(H,21,24)(H,22,23). The molecule has 2 N–H and O–H groups in total. The lowest BCUT2D eigenvalue weighted by Gasteiger charge is -2.20. The van der Waals surface area contributed by atoms with Crippen molar-refractivity contribution in [2.75, 3.05) is 19.8 Å². The number of hydrogen-bond acceptors (Lipinski definition) is 4. The first-order valence-electron chi connectivity index (χ1n) is 8.86. The second kappa shape index (κ2) is 10.3. The van der Waals surface area contributed by atoms with E-state index >= 15 is 0 Å². The molecule has 1 aromatic rings. The van der Waals surface area contributed by atoms with Gasteiger partial charge in [0.15, 0.2) is 11.5 Å². The van der Waals surface area contributed by atoms with Crippen LogP contribution in [0, 0.1) is 0 Å². The summed E-state index contributed by atoms with van der Waals surface area (Å²) in [6.07, 6.45) is 1.89. The molecule has 0 radical (unpaired) electrons. The molecule has 2 amide bonds. The summed E-state index contributed by atoms with van der Waals surface area (Å²) in [5.74, 6) is 0.183. The van der Waals surface area contributed by atoms with Crippen molar-refractivity contribution in [1.82, 2.24) is 10.6 Å². The van der Waals surface area contributed by atoms with Gasteiger partial charge < -0.3 is 20.1 Å². The lowest BCUT2D eigenvalue weighted by atomic mass is 10.1. The molecule has 26 heavy (non-hydrogen) atoms. The molecule has 0 aliphatic heterocycles. The Labute approximate surface area is 160 Å². The second-order valence-corrected chi connectivity index (χ2v) is 7.31. The largest absolute Gasteiger partial charge is 0.490 e. The van der Waals surface area contributed by atoms with Gasteiger partial charge in [-0.2, -0.15) is 0 Å². The number of hydrogen-bond donors (Lipinski definition) is 2. The van der Waals surface area contributed by atoms with Crippen molar-refractivity contribution in [3.05, 3.63) is 22.7 Å². The third kappa shape index (κ3) is 7.52. The first-order valence-corrected chi connectivity index (χ1v) is 9.24. The van der Waals surface area contributed by atoms with Crippen molar-refractivity contribution in [3.63, 3.8) is 0 Å². The van der Waals surface area contributed by atoms with Crippen molar-refractivity contribution >= 4 is 23.4 Å². The summed E-state index contributed by atoms with van der Waals surface area (Å²) in [6, 6.07) is 3.09. The lowest BCUT2D eigenvalue weighted by molar-refractivity contribution is -0.121. The van der Waals surface area contributed by atoms with E-state index in [-0.39, 0.29) is 18.0 Å². The van der Waals surface area contributed by atoms with E-state index < -0.39 is 5.91 Å². The molecule has 0 bridgehead atoms. The maximum Gasteiger partial charge on any atom is 0.251 e. The number of benzene rings is 1.